The summed E-state index contributed by atoms with van der Waals surface area (Å²) in [5.41, 5.74) is 12.4. The van der Waals surface area contributed by atoms with Gasteiger partial charge in [0.25, 0.3) is 0 Å². The zero-order valence-corrected chi connectivity index (χ0v) is 11.7. The second kappa shape index (κ2) is 5.36. The van der Waals surface area contributed by atoms with E-state index in [0.717, 1.165) is 10.6 Å². The van der Waals surface area contributed by atoms with E-state index in [-0.39, 0.29) is 0 Å². The third-order valence-corrected chi connectivity index (χ3v) is 4.18. The highest BCUT2D eigenvalue weighted by molar-refractivity contribution is 6.30. The molecule has 0 spiro atoms. The summed E-state index contributed by atoms with van der Waals surface area (Å²) < 4.78 is 0. The molecule has 3 rings (SSSR count). The summed E-state index contributed by atoms with van der Waals surface area (Å²) in [4.78, 5) is 0. The minimum absolute atomic E-state index is 0.521. The van der Waals surface area contributed by atoms with E-state index in [0.29, 0.717) is 6.54 Å². The van der Waals surface area contributed by atoms with E-state index < -0.39 is 0 Å². The van der Waals surface area contributed by atoms with Crippen LogP contribution in [0.5, 0.6) is 0 Å². The van der Waals surface area contributed by atoms with Gasteiger partial charge in [-0.3, -0.25) is 0 Å². The van der Waals surface area contributed by atoms with Crippen LogP contribution in [0.4, 0.5) is 0 Å². The maximum atomic E-state index is 6.04. The van der Waals surface area contributed by atoms with Gasteiger partial charge in [0.05, 0.1) is 0 Å². The van der Waals surface area contributed by atoms with Crippen LogP contribution in [-0.2, 0) is 19.4 Å². The molecule has 0 radical (unpaired) electrons. The Morgan fingerprint density at radius 3 is 2.53 bits per heavy atom. The third kappa shape index (κ3) is 2.54. The number of halogens is 1. The highest BCUT2D eigenvalue weighted by Gasteiger charge is 2.11. The summed E-state index contributed by atoms with van der Waals surface area (Å²) >= 11 is 6.04. The predicted molar refractivity (Wildman–Crippen MR) is 81.4 cm³/mol. The van der Waals surface area contributed by atoms with E-state index in [2.05, 4.69) is 24.3 Å². The number of hydrogen-bond acceptors (Lipinski definition) is 1. The molecule has 0 aliphatic heterocycles. The number of aryl methyl sites for hydroxylation is 2. The fourth-order valence-corrected chi connectivity index (χ4v) is 3.11. The summed E-state index contributed by atoms with van der Waals surface area (Å²) in [5, 5.41) is 0.752. The molecular weight excluding hydrogens is 254 g/mol. The lowest BCUT2D eigenvalue weighted by molar-refractivity contribution is 0.686. The van der Waals surface area contributed by atoms with Gasteiger partial charge in [0.1, 0.15) is 0 Å². The van der Waals surface area contributed by atoms with E-state index in [1.54, 1.807) is 0 Å². The molecule has 0 atom stereocenters. The van der Waals surface area contributed by atoms with E-state index in [9.17, 15) is 0 Å². The Bertz CT molecular complexity index is 604. The number of fused-ring (bicyclic) bond motifs is 1. The fourth-order valence-electron chi connectivity index (χ4n) is 2.91. The first-order chi connectivity index (χ1) is 9.28. The highest BCUT2D eigenvalue weighted by Crippen LogP contribution is 2.30. The Labute approximate surface area is 119 Å². The van der Waals surface area contributed by atoms with Gasteiger partial charge in [-0.15, -0.1) is 0 Å². The zero-order valence-electron chi connectivity index (χ0n) is 11.0. The van der Waals surface area contributed by atoms with E-state index in [1.807, 2.05) is 12.1 Å². The lowest BCUT2D eigenvalue weighted by atomic mass is 9.88. The molecule has 2 aromatic rings. The van der Waals surface area contributed by atoms with Crippen molar-refractivity contribution in [3.63, 3.8) is 0 Å². The van der Waals surface area contributed by atoms with Gasteiger partial charge in [-0.25, -0.2) is 0 Å². The lowest BCUT2D eigenvalue weighted by Gasteiger charge is -2.17. The van der Waals surface area contributed by atoms with Crippen LogP contribution in [0.25, 0.3) is 11.1 Å². The molecule has 0 heterocycles. The molecule has 1 aliphatic rings. The average molecular weight is 272 g/mol. The first-order valence-electron chi connectivity index (χ1n) is 6.88. The van der Waals surface area contributed by atoms with Crippen LogP contribution in [0.2, 0.25) is 5.02 Å². The molecule has 19 heavy (non-hydrogen) atoms. The van der Waals surface area contributed by atoms with Gasteiger partial charge >= 0.3 is 0 Å². The highest BCUT2D eigenvalue weighted by atomic mass is 35.5. The quantitative estimate of drug-likeness (QED) is 0.864. The van der Waals surface area contributed by atoms with E-state index in [1.165, 1.54) is 47.9 Å². The van der Waals surface area contributed by atoms with Gasteiger partial charge in [-0.2, -0.15) is 0 Å². The molecule has 1 aliphatic carbocycles. The summed E-state index contributed by atoms with van der Waals surface area (Å²) in [6.45, 7) is 0.521. The molecule has 98 valence electrons. The fraction of sp³-hybridized carbons (Fsp3) is 0.294. The maximum Gasteiger partial charge on any atom is 0.0409 e. The Balaban J connectivity index is 2.07. The SMILES string of the molecule is NCc1cc(Cl)ccc1-c1ccc2c(c1)CCCC2. The van der Waals surface area contributed by atoms with Gasteiger partial charge in [-0.05, 0) is 65.6 Å². The molecule has 2 N–H and O–H groups in total. The molecule has 2 heteroatoms. The summed E-state index contributed by atoms with van der Waals surface area (Å²) in [6, 6.07) is 12.8. The minimum atomic E-state index is 0.521. The van der Waals surface area contributed by atoms with E-state index >= 15 is 0 Å². The zero-order chi connectivity index (χ0) is 13.2. The van der Waals surface area contributed by atoms with Gasteiger partial charge in [0, 0.05) is 11.6 Å². The molecule has 0 amide bonds. The largest absolute Gasteiger partial charge is 0.326 e. The molecule has 0 saturated heterocycles. The van der Waals surface area contributed by atoms with Gasteiger partial charge in [-0.1, -0.05) is 35.9 Å². The maximum absolute atomic E-state index is 6.04. The topological polar surface area (TPSA) is 26.0 Å². The van der Waals surface area contributed by atoms with Crippen molar-refractivity contribution >= 4 is 11.6 Å². The van der Waals surface area contributed by atoms with Gasteiger partial charge in [0.2, 0.25) is 0 Å². The van der Waals surface area contributed by atoms with Crippen molar-refractivity contribution in [2.75, 3.05) is 0 Å². The van der Waals surface area contributed by atoms with Crippen molar-refractivity contribution in [3.05, 3.63) is 58.1 Å². The van der Waals surface area contributed by atoms with Crippen LogP contribution < -0.4 is 5.73 Å². The van der Waals surface area contributed by atoms with Crippen molar-refractivity contribution in [2.24, 2.45) is 5.73 Å². The molecule has 0 saturated carbocycles. The van der Waals surface area contributed by atoms with Crippen molar-refractivity contribution in [2.45, 2.75) is 32.2 Å². The second-order valence-corrected chi connectivity index (χ2v) is 5.63. The number of rotatable bonds is 2. The average Bonchev–Trinajstić information content (AvgIpc) is 2.46. The van der Waals surface area contributed by atoms with Crippen LogP contribution in [0.1, 0.15) is 29.5 Å². The Hall–Kier alpha value is -1.31. The second-order valence-electron chi connectivity index (χ2n) is 5.20. The summed E-state index contributed by atoms with van der Waals surface area (Å²) in [7, 11) is 0. The normalized spacial score (nSPS) is 14.2. The van der Waals surface area contributed by atoms with Crippen LogP contribution in [0, 0.1) is 0 Å². The first kappa shape index (κ1) is 12.7. The Morgan fingerprint density at radius 2 is 1.74 bits per heavy atom. The first-order valence-corrected chi connectivity index (χ1v) is 7.26. The standard InChI is InChI=1S/C17H18ClN/c18-16-7-8-17(15(10-16)11-19)14-6-5-12-3-1-2-4-13(12)9-14/h5-10H,1-4,11,19H2. The molecule has 0 unspecified atom stereocenters. The molecular formula is C17H18ClN. The van der Waals surface area contributed by atoms with Crippen molar-refractivity contribution in [3.8, 4) is 11.1 Å². The molecule has 1 nitrogen and oxygen atoms in total. The van der Waals surface area contributed by atoms with Crippen molar-refractivity contribution in [1.29, 1.82) is 0 Å². The number of hydrogen-bond donors (Lipinski definition) is 1. The van der Waals surface area contributed by atoms with Crippen LogP contribution in [0.3, 0.4) is 0 Å². The summed E-state index contributed by atoms with van der Waals surface area (Å²) in [6.07, 6.45) is 5.05. The molecule has 0 bridgehead atoms. The number of benzene rings is 2. The van der Waals surface area contributed by atoms with E-state index in [4.69, 9.17) is 17.3 Å². The van der Waals surface area contributed by atoms with Gasteiger partial charge in [0.15, 0.2) is 0 Å². The minimum Gasteiger partial charge on any atom is -0.326 e. The van der Waals surface area contributed by atoms with Crippen molar-refractivity contribution < 1.29 is 0 Å². The predicted octanol–water partition coefficient (Wildman–Crippen LogP) is 4.34. The van der Waals surface area contributed by atoms with Crippen LogP contribution >= 0.6 is 11.6 Å². The molecule has 0 fully saturated rings. The van der Waals surface area contributed by atoms with Gasteiger partial charge < -0.3 is 5.73 Å². The molecule has 0 aromatic heterocycles. The van der Waals surface area contributed by atoms with Crippen LogP contribution in [0.15, 0.2) is 36.4 Å². The Kier molecular flexibility index (Phi) is 3.58. The molecule has 2 aromatic carbocycles. The summed E-state index contributed by atoms with van der Waals surface area (Å²) in [5.74, 6) is 0. The van der Waals surface area contributed by atoms with Crippen LogP contribution in [-0.4, -0.2) is 0 Å². The smallest absolute Gasteiger partial charge is 0.0409 e. The monoisotopic (exact) mass is 271 g/mol. The Morgan fingerprint density at radius 1 is 0.947 bits per heavy atom. The van der Waals surface area contributed by atoms with Crippen molar-refractivity contribution in [1.82, 2.24) is 0 Å². The number of nitrogens with two attached hydrogens (primary N) is 1. The lowest BCUT2D eigenvalue weighted by Crippen LogP contribution is -2.03. The third-order valence-electron chi connectivity index (χ3n) is 3.95.